The molecule has 0 spiro atoms. The Labute approximate surface area is 99.6 Å². The van der Waals surface area contributed by atoms with Crippen molar-refractivity contribution in [3.8, 4) is 0 Å². The highest BCUT2D eigenvalue weighted by atomic mass is 19.1. The molecule has 0 aliphatic carbocycles. The van der Waals surface area contributed by atoms with Crippen LogP contribution < -0.4 is 4.90 Å². The van der Waals surface area contributed by atoms with Crippen molar-refractivity contribution in [2.75, 3.05) is 25.7 Å². The predicted octanol–water partition coefficient (Wildman–Crippen LogP) is 2.00. The highest BCUT2D eigenvalue weighted by Gasteiger charge is 2.15. The van der Waals surface area contributed by atoms with Crippen LogP contribution in [0.25, 0.3) is 0 Å². The number of nitrogens with zero attached hydrogens (tertiary/aromatic N) is 1. The van der Waals surface area contributed by atoms with E-state index in [9.17, 15) is 9.18 Å². The van der Waals surface area contributed by atoms with Gasteiger partial charge in [0.1, 0.15) is 5.82 Å². The predicted molar refractivity (Wildman–Crippen MR) is 63.1 cm³/mol. The van der Waals surface area contributed by atoms with E-state index in [1.165, 1.54) is 12.1 Å². The van der Waals surface area contributed by atoms with Gasteiger partial charge in [-0.3, -0.25) is 0 Å². The van der Waals surface area contributed by atoms with E-state index in [0.717, 1.165) is 6.07 Å². The van der Waals surface area contributed by atoms with Crippen LogP contribution in [0.2, 0.25) is 0 Å². The molecule has 1 rings (SSSR count). The zero-order chi connectivity index (χ0) is 13.0. The number of aromatic carboxylic acids is 1. The van der Waals surface area contributed by atoms with Crippen LogP contribution in [0, 0.1) is 5.82 Å². The summed E-state index contributed by atoms with van der Waals surface area (Å²) < 4.78 is 18.7. The molecule has 0 heterocycles. The molecule has 0 aliphatic heterocycles. The number of methoxy groups -OCH3 is 1. The molecule has 0 radical (unpaired) electrons. The summed E-state index contributed by atoms with van der Waals surface area (Å²) in [5.41, 5.74) is 0.304. The fourth-order valence-corrected chi connectivity index (χ4v) is 1.52. The number of benzene rings is 1. The first-order valence-electron chi connectivity index (χ1n) is 5.22. The number of ether oxygens (including phenoxy) is 1. The van der Waals surface area contributed by atoms with E-state index >= 15 is 0 Å². The molecular formula is C12H16FNO3. The quantitative estimate of drug-likeness (QED) is 0.856. The van der Waals surface area contributed by atoms with Gasteiger partial charge in [-0.15, -0.1) is 0 Å². The third kappa shape index (κ3) is 3.17. The summed E-state index contributed by atoms with van der Waals surface area (Å²) in [7, 11) is 3.32. The zero-order valence-electron chi connectivity index (χ0n) is 10.1. The average molecular weight is 241 g/mol. The molecule has 1 N–H and O–H groups in total. The van der Waals surface area contributed by atoms with Crippen molar-refractivity contribution in [1.82, 2.24) is 0 Å². The summed E-state index contributed by atoms with van der Waals surface area (Å²) in [5.74, 6) is -1.68. The van der Waals surface area contributed by atoms with Crippen LogP contribution in [0.1, 0.15) is 17.3 Å². The van der Waals surface area contributed by atoms with Gasteiger partial charge < -0.3 is 14.7 Å². The summed E-state index contributed by atoms with van der Waals surface area (Å²) in [6.45, 7) is 2.37. The number of anilines is 1. The Hall–Kier alpha value is -1.62. The Balaban J connectivity index is 2.95. The van der Waals surface area contributed by atoms with Gasteiger partial charge in [0.05, 0.1) is 17.9 Å². The lowest BCUT2D eigenvalue weighted by molar-refractivity contribution is 0.0696. The second-order valence-electron chi connectivity index (χ2n) is 3.89. The molecule has 1 aromatic rings. The molecule has 0 amide bonds. The normalized spacial score (nSPS) is 12.2. The van der Waals surface area contributed by atoms with Crippen molar-refractivity contribution >= 4 is 11.7 Å². The summed E-state index contributed by atoms with van der Waals surface area (Å²) in [6.07, 6.45) is 0. The number of carbonyl (C=O) groups is 1. The number of carboxylic acids is 1. The van der Waals surface area contributed by atoms with Gasteiger partial charge in [-0.1, -0.05) is 0 Å². The molecule has 4 nitrogen and oxygen atoms in total. The van der Waals surface area contributed by atoms with E-state index in [1.807, 2.05) is 6.92 Å². The molecule has 0 aliphatic rings. The van der Waals surface area contributed by atoms with Crippen molar-refractivity contribution in [3.05, 3.63) is 29.6 Å². The van der Waals surface area contributed by atoms with Gasteiger partial charge in [0, 0.05) is 20.2 Å². The molecule has 0 bridgehead atoms. The van der Waals surface area contributed by atoms with Gasteiger partial charge >= 0.3 is 5.97 Å². The second kappa shape index (κ2) is 5.63. The van der Waals surface area contributed by atoms with Crippen LogP contribution in [0.15, 0.2) is 18.2 Å². The second-order valence-corrected chi connectivity index (χ2v) is 3.89. The number of rotatable bonds is 5. The van der Waals surface area contributed by atoms with E-state index < -0.39 is 11.8 Å². The third-order valence-corrected chi connectivity index (χ3v) is 2.64. The maximum atomic E-state index is 13.7. The molecule has 1 aromatic carbocycles. The Morgan fingerprint density at radius 2 is 2.24 bits per heavy atom. The van der Waals surface area contributed by atoms with Crippen LogP contribution in [0.4, 0.5) is 10.1 Å². The van der Waals surface area contributed by atoms with Crippen LogP contribution in [0.3, 0.4) is 0 Å². The summed E-state index contributed by atoms with van der Waals surface area (Å²) in [5, 5.41) is 8.73. The SMILES string of the molecule is COCC(C)N(C)c1ccc(C(=O)O)cc1F. The van der Waals surface area contributed by atoms with Gasteiger partial charge in [-0.2, -0.15) is 0 Å². The Morgan fingerprint density at radius 3 is 2.71 bits per heavy atom. The lowest BCUT2D eigenvalue weighted by Gasteiger charge is -2.26. The molecule has 5 heteroatoms. The Bertz CT molecular complexity index is 409. The summed E-state index contributed by atoms with van der Waals surface area (Å²) >= 11 is 0. The van der Waals surface area contributed by atoms with Crippen molar-refractivity contribution in [2.45, 2.75) is 13.0 Å². The highest BCUT2D eigenvalue weighted by molar-refractivity contribution is 5.88. The smallest absolute Gasteiger partial charge is 0.335 e. The Kier molecular flexibility index (Phi) is 4.45. The zero-order valence-corrected chi connectivity index (χ0v) is 10.1. The largest absolute Gasteiger partial charge is 0.478 e. The number of hydrogen-bond acceptors (Lipinski definition) is 3. The lowest BCUT2D eigenvalue weighted by atomic mass is 10.1. The van der Waals surface area contributed by atoms with Crippen LogP contribution >= 0.6 is 0 Å². The van der Waals surface area contributed by atoms with Gasteiger partial charge in [0.15, 0.2) is 0 Å². The molecule has 94 valence electrons. The molecule has 0 aromatic heterocycles. The van der Waals surface area contributed by atoms with Gasteiger partial charge in [0.25, 0.3) is 0 Å². The lowest BCUT2D eigenvalue weighted by Crippen LogP contribution is -2.33. The van der Waals surface area contributed by atoms with Crippen molar-refractivity contribution in [2.24, 2.45) is 0 Å². The number of carboxylic acid groups (broad SMARTS) is 1. The molecule has 17 heavy (non-hydrogen) atoms. The van der Waals surface area contributed by atoms with E-state index in [0.29, 0.717) is 12.3 Å². The standard InChI is InChI=1S/C12H16FNO3/c1-8(7-17-3)14(2)11-5-4-9(12(15)16)6-10(11)13/h4-6,8H,7H2,1-3H3,(H,15,16). The van der Waals surface area contributed by atoms with E-state index in [-0.39, 0.29) is 11.6 Å². The molecule has 1 atom stereocenters. The first-order valence-corrected chi connectivity index (χ1v) is 5.22. The molecule has 0 fully saturated rings. The topological polar surface area (TPSA) is 49.8 Å². The molecule has 0 saturated heterocycles. The third-order valence-electron chi connectivity index (χ3n) is 2.64. The fourth-order valence-electron chi connectivity index (χ4n) is 1.52. The first-order chi connectivity index (χ1) is 7.97. The highest BCUT2D eigenvalue weighted by Crippen LogP contribution is 2.21. The minimum Gasteiger partial charge on any atom is -0.478 e. The van der Waals surface area contributed by atoms with E-state index in [4.69, 9.17) is 9.84 Å². The van der Waals surface area contributed by atoms with Crippen molar-refractivity contribution in [1.29, 1.82) is 0 Å². The van der Waals surface area contributed by atoms with Crippen LogP contribution in [-0.2, 0) is 4.74 Å². The van der Waals surface area contributed by atoms with Crippen LogP contribution in [-0.4, -0.2) is 37.9 Å². The summed E-state index contributed by atoms with van der Waals surface area (Å²) in [4.78, 5) is 12.4. The average Bonchev–Trinajstić information content (AvgIpc) is 2.28. The maximum Gasteiger partial charge on any atom is 0.335 e. The molecular weight excluding hydrogens is 225 g/mol. The van der Waals surface area contributed by atoms with Crippen molar-refractivity contribution < 1.29 is 19.0 Å². The number of halogens is 1. The van der Waals surface area contributed by atoms with Crippen LogP contribution in [0.5, 0.6) is 0 Å². The Morgan fingerprint density at radius 1 is 1.59 bits per heavy atom. The monoisotopic (exact) mass is 241 g/mol. The van der Waals surface area contributed by atoms with Crippen molar-refractivity contribution in [3.63, 3.8) is 0 Å². The first kappa shape index (κ1) is 13.4. The number of hydrogen-bond donors (Lipinski definition) is 1. The van der Waals surface area contributed by atoms with E-state index in [2.05, 4.69) is 0 Å². The fraction of sp³-hybridized carbons (Fsp3) is 0.417. The van der Waals surface area contributed by atoms with Gasteiger partial charge in [-0.05, 0) is 25.1 Å². The van der Waals surface area contributed by atoms with E-state index in [1.54, 1.807) is 19.1 Å². The van der Waals surface area contributed by atoms with Gasteiger partial charge in [-0.25, -0.2) is 9.18 Å². The van der Waals surface area contributed by atoms with Gasteiger partial charge in [0.2, 0.25) is 0 Å². The summed E-state index contributed by atoms with van der Waals surface area (Å²) in [6, 6.07) is 3.88. The minimum absolute atomic E-state index is 0.00479. The molecule has 0 saturated carbocycles. The number of likely N-dealkylation sites (N-methyl/N-ethyl adjacent to an activating group) is 1. The molecule has 1 unspecified atom stereocenters. The maximum absolute atomic E-state index is 13.7. The minimum atomic E-state index is -1.14.